The minimum atomic E-state index is 0.673. The Kier molecular flexibility index (Phi) is 6.94. The SMILES string of the molecule is CCn1c(Nc2cc(N3CCN(C)CC3)nc(C)n2)nnc1SCc1ccccc1Cl. The minimum Gasteiger partial charge on any atom is -0.354 e. The normalized spacial score (nSPS) is 14.8. The first kappa shape index (κ1) is 21.9. The second-order valence-corrected chi connectivity index (χ2v) is 8.85. The van der Waals surface area contributed by atoms with Gasteiger partial charge in [-0.05, 0) is 32.5 Å². The van der Waals surface area contributed by atoms with Gasteiger partial charge in [0.2, 0.25) is 5.95 Å². The van der Waals surface area contributed by atoms with Gasteiger partial charge in [-0.25, -0.2) is 9.97 Å². The number of hydrogen-bond donors (Lipinski definition) is 1. The summed E-state index contributed by atoms with van der Waals surface area (Å²) in [5.41, 5.74) is 1.08. The molecular weight excluding hydrogens is 432 g/mol. The summed E-state index contributed by atoms with van der Waals surface area (Å²) in [7, 11) is 2.15. The topological polar surface area (TPSA) is 75.0 Å². The van der Waals surface area contributed by atoms with E-state index in [0.29, 0.717) is 5.95 Å². The lowest BCUT2D eigenvalue weighted by molar-refractivity contribution is 0.312. The Bertz CT molecular complexity index is 1030. The number of halogens is 1. The third kappa shape index (κ3) is 5.28. The highest BCUT2D eigenvalue weighted by Crippen LogP contribution is 2.28. The maximum Gasteiger partial charge on any atom is 0.230 e. The molecule has 2 aromatic heterocycles. The molecule has 0 atom stereocenters. The molecule has 0 aliphatic carbocycles. The summed E-state index contributed by atoms with van der Waals surface area (Å²) in [5, 5.41) is 13.7. The quantitative estimate of drug-likeness (QED) is 0.535. The monoisotopic (exact) mass is 458 g/mol. The van der Waals surface area contributed by atoms with E-state index < -0.39 is 0 Å². The molecule has 1 fully saturated rings. The minimum absolute atomic E-state index is 0.673. The lowest BCUT2D eigenvalue weighted by atomic mass is 10.2. The van der Waals surface area contributed by atoms with Crippen molar-refractivity contribution in [3.8, 4) is 0 Å². The maximum absolute atomic E-state index is 6.29. The van der Waals surface area contributed by atoms with Crippen LogP contribution in [0.3, 0.4) is 0 Å². The molecule has 0 saturated carbocycles. The summed E-state index contributed by atoms with van der Waals surface area (Å²) in [4.78, 5) is 13.8. The van der Waals surface area contributed by atoms with Gasteiger partial charge < -0.3 is 15.1 Å². The number of thioether (sulfide) groups is 1. The molecular formula is C21H27ClN8S. The van der Waals surface area contributed by atoms with Crippen LogP contribution in [-0.4, -0.2) is 62.9 Å². The van der Waals surface area contributed by atoms with E-state index in [4.69, 9.17) is 11.6 Å². The zero-order valence-electron chi connectivity index (χ0n) is 18.0. The van der Waals surface area contributed by atoms with Crippen molar-refractivity contribution in [2.45, 2.75) is 31.3 Å². The van der Waals surface area contributed by atoms with Gasteiger partial charge in [0.05, 0.1) is 0 Å². The van der Waals surface area contributed by atoms with Gasteiger partial charge >= 0.3 is 0 Å². The van der Waals surface area contributed by atoms with E-state index in [0.717, 1.165) is 71.7 Å². The second-order valence-electron chi connectivity index (χ2n) is 7.50. The number of aromatic nitrogens is 5. The number of anilines is 3. The number of nitrogens with one attached hydrogen (secondary N) is 1. The van der Waals surface area contributed by atoms with E-state index in [1.165, 1.54) is 0 Å². The molecule has 1 N–H and O–H groups in total. The molecule has 0 amide bonds. The van der Waals surface area contributed by atoms with E-state index in [1.807, 2.05) is 37.3 Å². The van der Waals surface area contributed by atoms with E-state index in [-0.39, 0.29) is 0 Å². The van der Waals surface area contributed by atoms with Crippen molar-refractivity contribution in [2.75, 3.05) is 43.4 Å². The summed E-state index contributed by atoms with van der Waals surface area (Å²) >= 11 is 7.91. The Hall–Kier alpha value is -2.36. The van der Waals surface area contributed by atoms with Crippen LogP contribution in [0, 0.1) is 6.92 Å². The molecule has 1 aliphatic heterocycles. The van der Waals surface area contributed by atoms with Gasteiger partial charge in [0.1, 0.15) is 17.5 Å². The summed E-state index contributed by atoms with van der Waals surface area (Å²) < 4.78 is 2.05. The van der Waals surface area contributed by atoms with Crippen molar-refractivity contribution >= 4 is 40.9 Å². The first-order chi connectivity index (χ1) is 15.0. The Morgan fingerprint density at radius 2 is 1.87 bits per heavy atom. The Balaban J connectivity index is 1.50. The summed E-state index contributed by atoms with van der Waals surface area (Å²) in [6.45, 7) is 8.72. The number of aryl methyl sites for hydroxylation is 1. The molecule has 10 heteroatoms. The van der Waals surface area contributed by atoms with E-state index >= 15 is 0 Å². The first-order valence-electron chi connectivity index (χ1n) is 10.4. The average Bonchev–Trinajstić information content (AvgIpc) is 3.14. The fraction of sp³-hybridized carbons (Fsp3) is 0.429. The van der Waals surface area contributed by atoms with Crippen LogP contribution in [0.2, 0.25) is 5.02 Å². The van der Waals surface area contributed by atoms with Crippen LogP contribution < -0.4 is 10.2 Å². The standard InChI is InChI=1S/C21H27ClN8S/c1-4-30-20(26-27-21(30)31-14-16-7-5-6-8-17(16)22)25-18-13-19(24-15(2)23-18)29-11-9-28(3)10-12-29/h5-8,13H,4,9-12,14H2,1-3H3,(H,23,24,25,26). The highest BCUT2D eigenvalue weighted by molar-refractivity contribution is 7.98. The number of benzene rings is 1. The average molecular weight is 459 g/mol. The number of nitrogens with zero attached hydrogens (tertiary/aromatic N) is 7. The van der Waals surface area contributed by atoms with Crippen LogP contribution in [-0.2, 0) is 12.3 Å². The van der Waals surface area contributed by atoms with Gasteiger partial charge in [-0.1, -0.05) is 41.6 Å². The van der Waals surface area contributed by atoms with Gasteiger partial charge in [0.25, 0.3) is 0 Å². The molecule has 0 radical (unpaired) electrons. The highest BCUT2D eigenvalue weighted by atomic mass is 35.5. The van der Waals surface area contributed by atoms with Crippen LogP contribution in [0.4, 0.5) is 17.6 Å². The third-order valence-corrected chi connectivity index (χ3v) is 6.62. The lowest BCUT2D eigenvalue weighted by Crippen LogP contribution is -2.44. The van der Waals surface area contributed by atoms with Crippen molar-refractivity contribution in [3.05, 3.63) is 46.7 Å². The summed E-state index contributed by atoms with van der Waals surface area (Å²) in [6, 6.07) is 9.86. The van der Waals surface area contributed by atoms with Crippen molar-refractivity contribution in [1.29, 1.82) is 0 Å². The van der Waals surface area contributed by atoms with Crippen LogP contribution in [0.15, 0.2) is 35.5 Å². The van der Waals surface area contributed by atoms with Crippen molar-refractivity contribution in [1.82, 2.24) is 29.6 Å². The van der Waals surface area contributed by atoms with Crippen LogP contribution in [0.25, 0.3) is 0 Å². The van der Waals surface area contributed by atoms with Crippen molar-refractivity contribution in [2.24, 2.45) is 0 Å². The molecule has 1 aliphatic rings. The molecule has 3 heterocycles. The fourth-order valence-electron chi connectivity index (χ4n) is 3.46. The molecule has 1 aromatic carbocycles. The number of piperazine rings is 1. The fourth-order valence-corrected chi connectivity index (χ4v) is 4.75. The Morgan fingerprint density at radius 1 is 1.10 bits per heavy atom. The molecule has 8 nitrogen and oxygen atoms in total. The van der Waals surface area contributed by atoms with Crippen molar-refractivity contribution in [3.63, 3.8) is 0 Å². The molecule has 4 rings (SSSR count). The number of likely N-dealkylation sites (N-methyl/N-ethyl adjacent to an activating group) is 1. The maximum atomic E-state index is 6.29. The molecule has 3 aromatic rings. The Labute approximate surface area is 192 Å². The van der Waals surface area contributed by atoms with Crippen molar-refractivity contribution < 1.29 is 0 Å². The van der Waals surface area contributed by atoms with Gasteiger partial charge in [0, 0.05) is 49.6 Å². The van der Waals surface area contributed by atoms with Gasteiger partial charge in [-0.15, -0.1) is 10.2 Å². The first-order valence-corrected chi connectivity index (χ1v) is 11.8. The van der Waals surface area contributed by atoms with Gasteiger partial charge in [-0.3, -0.25) is 4.57 Å². The zero-order valence-corrected chi connectivity index (χ0v) is 19.6. The van der Waals surface area contributed by atoms with Gasteiger partial charge in [-0.2, -0.15) is 0 Å². The summed E-state index contributed by atoms with van der Waals surface area (Å²) in [6.07, 6.45) is 0. The van der Waals surface area contributed by atoms with E-state index in [1.54, 1.807) is 11.8 Å². The lowest BCUT2D eigenvalue weighted by Gasteiger charge is -2.33. The highest BCUT2D eigenvalue weighted by Gasteiger charge is 2.18. The van der Waals surface area contributed by atoms with E-state index in [9.17, 15) is 0 Å². The van der Waals surface area contributed by atoms with Gasteiger partial charge in [0.15, 0.2) is 5.16 Å². The third-order valence-electron chi connectivity index (χ3n) is 5.24. The second kappa shape index (κ2) is 9.84. The smallest absolute Gasteiger partial charge is 0.230 e. The predicted octanol–water partition coefficient (Wildman–Crippen LogP) is 3.84. The number of rotatable bonds is 7. The van der Waals surface area contributed by atoms with E-state index in [2.05, 4.69) is 53.8 Å². The van der Waals surface area contributed by atoms with Crippen LogP contribution in [0.5, 0.6) is 0 Å². The number of hydrogen-bond acceptors (Lipinski definition) is 8. The molecule has 0 bridgehead atoms. The Morgan fingerprint density at radius 3 is 2.61 bits per heavy atom. The molecule has 0 spiro atoms. The zero-order chi connectivity index (χ0) is 21.8. The molecule has 164 valence electrons. The molecule has 31 heavy (non-hydrogen) atoms. The van der Waals surface area contributed by atoms with Crippen LogP contribution in [0.1, 0.15) is 18.3 Å². The summed E-state index contributed by atoms with van der Waals surface area (Å²) in [5.74, 6) is 3.81. The van der Waals surface area contributed by atoms with Crippen LogP contribution >= 0.6 is 23.4 Å². The predicted molar refractivity (Wildman–Crippen MR) is 126 cm³/mol. The molecule has 0 unspecified atom stereocenters. The molecule has 1 saturated heterocycles. The largest absolute Gasteiger partial charge is 0.354 e.